The summed E-state index contributed by atoms with van der Waals surface area (Å²) in [5.74, 6) is 0.345. The zero-order chi connectivity index (χ0) is 23.7. The van der Waals surface area contributed by atoms with Gasteiger partial charge in [-0.1, -0.05) is 31.4 Å². The highest BCUT2D eigenvalue weighted by atomic mass is 19.1. The van der Waals surface area contributed by atoms with Gasteiger partial charge in [0.15, 0.2) is 0 Å². The summed E-state index contributed by atoms with van der Waals surface area (Å²) in [5.41, 5.74) is 6.75. The third kappa shape index (κ3) is 4.27. The van der Waals surface area contributed by atoms with Crippen LogP contribution in [0.25, 0.3) is 5.69 Å². The van der Waals surface area contributed by atoms with Gasteiger partial charge in [-0.3, -0.25) is 9.78 Å². The summed E-state index contributed by atoms with van der Waals surface area (Å²) in [5, 5.41) is 7.87. The zero-order valence-corrected chi connectivity index (χ0v) is 19.7. The minimum absolute atomic E-state index is 0.104. The third-order valence-corrected chi connectivity index (χ3v) is 7.27. The minimum Gasteiger partial charge on any atom is -0.348 e. The molecular weight excluding hydrogens is 429 g/mol. The second kappa shape index (κ2) is 9.49. The van der Waals surface area contributed by atoms with Gasteiger partial charge < -0.3 is 5.32 Å². The number of carbonyl (C=O) groups is 1. The lowest BCUT2D eigenvalue weighted by Gasteiger charge is -2.29. The number of aromatic nitrogens is 4. The van der Waals surface area contributed by atoms with Crippen molar-refractivity contribution in [1.82, 2.24) is 25.1 Å². The van der Waals surface area contributed by atoms with Crippen LogP contribution < -0.4 is 5.32 Å². The van der Waals surface area contributed by atoms with Gasteiger partial charge in [-0.25, -0.2) is 14.1 Å². The number of hydrogen-bond acceptors (Lipinski definition) is 4. The smallest absolute Gasteiger partial charge is 0.271 e. The van der Waals surface area contributed by atoms with E-state index in [1.54, 1.807) is 24.5 Å². The predicted octanol–water partition coefficient (Wildman–Crippen LogP) is 5.16. The van der Waals surface area contributed by atoms with E-state index in [4.69, 9.17) is 0 Å². The standard InChI is InChI=1S/C27H30FN5O/c1-3-4-21(32-27(34)24-16-29-11-12-30-24)13-18-5-6-19-14-25-23(17(2)26(18)19)15-31-33(25)22-9-7-20(28)8-10-22/h7-12,15-18,21H,3-6,13-14H2,1-2H3,(H,32,34)/t17-,18+,21?/m0/s1. The molecule has 0 radical (unpaired) electrons. The van der Waals surface area contributed by atoms with Gasteiger partial charge >= 0.3 is 0 Å². The molecule has 2 aliphatic carbocycles. The number of amides is 1. The lowest BCUT2D eigenvalue weighted by Crippen LogP contribution is -2.37. The molecule has 2 heterocycles. The Morgan fingerprint density at radius 2 is 2.06 bits per heavy atom. The van der Waals surface area contributed by atoms with Crippen LogP contribution in [0.15, 0.2) is 60.2 Å². The number of benzene rings is 1. The second-order valence-corrected chi connectivity index (χ2v) is 9.41. The first-order chi connectivity index (χ1) is 16.5. The van der Waals surface area contributed by atoms with E-state index in [0.29, 0.717) is 17.5 Å². The summed E-state index contributed by atoms with van der Waals surface area (Å²) in [4.78, 5) is 20.9. The monoisotopic (exact) mass is 459 g/mol. The normalized spacial score (nSPS) is 20.1. The molecule has 1 unspecified atom stereocenters. The predicted molar refractivity (Wildman–Crippen MR) is 128 cm³/mol. The number of nitrogens with one attached hydrogen (secondary N) is 1. The molecule has 5 rings (SSSR count). The van der Waals surface area contributed by atoms with Gasteiger partial charge in [0, 0.05) is 36.3 Å². The molecule has 2 aromatic heterocycles. The Balaban J connectivity index is 1.34. The summed E-state index contributed by atoms with van der Waals surface area (Å²) < 4.78 is 15.4. The Labute approximate surface area is 199 Å². The van der Waals surface area contributed by atoms with Gasteiger partial charge in [-0.15, -0.1) is 0 Å². The van der Waals surface area contributed by atoms with Crippen LogP contribution in [-0.4, -0.2) is 31.7 Å². The fourth-order valence-corrected chi connectivity index (χ4v) is 5.75. The highest BCUT2D eigenvalue weighted by Gasteiger charge is 2.37. The first-order valence-corrected chi connectivity index (χ1v) is 12.2. The molecule has 176 valence electrons. The van der Waals surface area contributed by atoms with E-state index >= 15 is 0 Å². The molecule has 2 aliphatic rings. The van der Waals surface area contributed by atoms with E-state index in [2.05, 4.69) is 34.2 Å². The Bertz CT molecular complexity index is 1200. The molecule has 34 heavy (non-hydrogen) atoms. The largest absolute Gasteiger partial charge is 0.348 e. The van der Waals surface area contributed by atoms with Crippen molar-refractivity contribution in [3.05, 3.63) is 83.0 Å². The molecular formula is C27H30FN5O. The van der Waals surface area contributed by atoms with Gasteiger partial charge in [0.2, 0.25) is 0 Å². The van der Waals surface area contributed by atoms with Crippen molar-refractivity contribution in [3.63, 3.8) is 0 Å². The number of carbonyl (C=O) groups excluding carboxylic acids is 1. The molecule has 1 amide bonds. The van der Waals surface area contributed by atoms with E-state index in [-0.39, 0.29) is 17.8 Å². The molecule has 1 aromatic carbocycles. The highest BCUT2D eigenvalue weighted by Crippen LogP contribution is 2.48. The van der Waals surface area contributed by atoms with Gasteiger partial charge in [0.1, 0.15) is 11.5 Å². The Morgan fingerprint density at radius 3 is 2.79 bits per heavy atom. The Hall–Kier alpha value is -3.35. The van der Waals surface area contributed by atoms with Crippen molar-refractivity contribution in [3.8, 4) is 5.69 Å². The van der Waals surface area contributed by atoms with Crippen molar-refractivity contribution in [1.29, 1.82) is 0 Å². The zero-order valence-electron chi connectivity index (χ0n) is 19.7. The number of allylic oxidation sites excluding steroid dienone is 2. The summed E-state index contributed by atoms with van der Waals surface area (Å²) in [6.07, 6.45) is 12.6. The van der Waals surface area contributed by atoms with Crippen LogP contribution in [0, 0.1) is 11.7 Å². The molecule has 0 fully saturated rings. The number of nitrogens with zero attached hydrogens (tertiary/aromatic N) is 4. The van der Waals surface area contributed by atoms with Crippen LogP contribution in [0.1, 0.15) is 73.6 Å². The van der Waals surface area contributed by atoms with Crippen molar-refractivity contribution in [2.75, 3.05) is 0 Å². The fourth-order valence-electron chi connectivity index (χ4n) is 5.75. The van der Waals surface area contributed by atoms with Crippen LogP contribution >= 0.6 is 0 Å². The number of halogens is 1. The molecule has 3 atom stereocenters. The molecule has 0 spiro atoms. The molecule has 0 saturated carbocycles. The lowest BCUT2D eigenvalue weighted by molar-refractivity contribution is 0.0924. The van der Waals surface area contributed by atoms with E-state index in [9.17, 15) is 9.18 Å². The molecule has 0 bridgehead atoms. The van der Waals surface area contributed by atoms with Crippen molar-refractivity contribution >= 4 is 5.91 Å². The van der Waals surface area contributed by atoms with Gasteiger partial charge in [0.05, 0.1) is 23.8 Å². The first kappa shape index (κ1) is 22.4. The van der Waals surface area contributed by atoms with E-state index in [1.807, 2.05) is 10.9 Å². The third-order valence-electron chi connectivity index (χ3n) is 7.27. The van der Waals surface area contributed by atoms with E-state index < -0.39 is 0 Å². The van der Waals surface area contributed by atoms with Gasteiger partial charge in [-0.2, -0.15) is 5.10 Å². The maximum atomic E-state index is 13.4. The van der Waals surface area contributed by atoms with Crippen molar-refractivity contribution < 1.29 is 9.18 Å². The van der Waals surface area contributed by atoms with Crippen LogP contribution in [0.3, 0.4) is 0 Å². The number of rotatable bonds is 7. The van der Waals surface area contributed by atoms with E-state index in [1.165, 1.54) is 40.7 Å². The van der Waals surface area contributed by atoms with Crippen LogP contribution in [0.2, 0.25) is 0 Å². The molecule has 6 nitrogen and oxygen atoms in total. The first-order valence-electron chi connectivity index (χ1n) is 12.2. The summed E-state index contributed by atoms with van der Waals surface area (Å²) in [7, 11) is 0. The Kier molecular flexibility index (Phi) is 6.26. The Morgan fingerprint density at radius 1 is 1.24 bits per heavy atom. The molecule has 0 saturated heterocycles. The highest BCUT2D eigenvalue weighted by molar-refractivity contribution is 5.92. The van der Waals surface area contributed by atoms with Crippen molar-refractivity contribution in [2.24, 2.45) is 5.92 Å². The van der Waals surface area contributed by atoms with Gasteiger partial charge in [0.25, 0.3) is 5.91 Å². The molecule has 0 aliphatic heterocycles. The second-order valence-electron chi connectivity index (χ2n) is 9.41. The molecule has 3 aromatic rings. The fraction of sp³-hybridized carbons (Fsp3) is 0.407. The SMILES string of the molecule is CCCC(C[C@H]1CCC2=C1[C@@H](C)c1cnn(-c3ccc(F)cc3)c1C2)NC(=O)c1cnccn1. The van der Waals surface area contributed by atoms with E-state index in [0.717, 1.165) is 44.2 Å². The maximum Gasteiger partial charge on any atom is 0.271 e. The van der Waals surface area contributed by atoms with Crippen LogP contribution in [0.4, 0.5) is 4.39 Å². The average Bonchev–Trinajstić information content (AvgIpc) is 3.45. The summed E-state index contributed by atoms with van der Waals surface area (Å²) in [6, 6.07) is 6.63. The summed E-state index contributed by atoms with van der Waals surface area (Å²) in [6.45, 7) is 4.43. The van der Waals surface area contributed by atoms with Crippen molar-refractivity contribution in [2.45, 2.75) is 64.3 Å². The summed E-state index contributed by atoms with van der Waals surface area (Å²) >= 11 is 0. The molecule has 7 heteroatoms. The van der Waals surface area contributed by atoms with Crippen LogP contribution in [0.5, 0.6) is 0 Å². The van der Waals surface area contributed by atoms with Gasteiger partial charge in [-0.05, 0) is 55.9 Å². The van der Waals surface area contributed by atoms with Crippen LogP contribution in [-0.2, 0) is 6.42 Å². The average molecular weight is 460 g/mol. The number of fused-ring (bicyclic) bond motifs is 1. The lowest BCUT2D eigenvalue weighted by atomic mass is 9.78. The topological polar surface area (TPSA) is 72.7 Å². The molecule has 1 N–H and O–H groups in total. The maximum absolute atomic E-state index is 13.4. The number of hydrogen-bond donors (Lipinski definition) is 1. The minimum atomic E-state index is -0.241. The quantitative estimate of drug-likeness (QED) is 0.496.